The van der Waals surface area contributed by atoms with E-state index in [1.54, 1.807) is 0 Å². The fourth-order valence-corrected chi connectivity index (χ4v) is 2.90. The van der Waals surface area contributed by atoms with E-state index in [1.165, 1.54) is 33.3 Å². The normalized spacial score (nSPS) is 19.2. The van der Waals surface area contributed by atoms with Gasteiger partial charge in [0.1, 0.15) is 11.4 Å². The van der Waals surface area contributed by atoms with Crippen molar-refractivity contribution in [2.24, 2.45) is 0 Å². The number of fused-ring (bicyclic) bond motifs is 3. The molecular formula is C16H18F6NP. The van der Waals surface area contributed by atoms with Gasteiger partial charge >= 0.3 is 33.0 Å². The van der Waals surface area contributed by atoms with Crippen molar-refractivity contribution in [3.8, 4) is 0 Å². The van der Waals surface area contributed by atoms with E-state index in [0.29, 0.717) is 0 Å². The van der Waals surface area contributed by atoms with Crippen molar-refractivity contribution < 1.29 is 25.2 Å². The van der Waals surface area contributed by atoms with Gasteiger partial charge in [-0.3, -0.25) is 4.48 Å². The van der Waals surface area contributed by atoms with E-state index in [0.717, 1.165) is 4.48 Å². The van der Waals surface area contributed by atoms with Crippen LogP contribution in [0.4, 0.5) is 30.9 Å². The van der Waals surface area contributed by atoms with Crippen molar-refractivity contribution in [1.82, 2.24) is 4.48 Å². The van der Waals surface area contributed by atoms with E-state index in [9.17, 15) is 25.2 Å². The summed E-state index contributed by atoms with van der Waals surface area (Å²) in [4.78, 5) is 0. The van der Waals surface area contributed by atoms with Crippen LogP contribution in [0.25, 0.3) is 16.3 Å². The zero-order valence-electron chi connectivity index (χ0n) is 13.6. The quantitative estimate of drug-likeness (QED) is 0.255. The number of benzene rings is 2. The molecule has 1 aliphatic rings. The molecule has 24 heavy (non-hydrogen) atoms. The number of quaternary nitrogens is 1. The van der Waals surface area contributed by atoms with Gasteiger partial charge in [-0.15, -0.1) is 0 Å². The maximum atomic E-state index is 9.87. The average Bonchev–Trinajstić information content (AvgIpc) is 2.57. The number of rotatable bonds is 0. The average molecular weight is 369 g/mol. The van der Waals surface area contributed by atoms with Crippen LogP contribution in [0, 0.1) is 0 Å². The molecule has 0 fully saturated rings. The van der Waals surface area contributed by atoms with Gasteiger partial charge in [-0.05, 0) is 23.8 Å². The summed E-state index contributed by atoms with van der Waals surface area (Å²) in [6.07, 6.45) is 0. The summed E-state index contributed by atoms with van der Waals surface area (Å²) >= 11 is 0. The zero-order valence-corrected chi connectivity index (χ0v) is 14.5. The molecule has 0 radical (unpaired) electrons. The van der Waals surface area contributed by atoms with Crippen LogP contribution < -0.4 is 4.48 Å². The summed E-state index contributed by atoms with van der Waals surface area (Å²) in [6.45, 7) is 4.48. The van der Waals surface area contributed by atoms with E-state index in [-0.39, 0.29) is 0 Å². The Bertz CT molecular complexity index is 839. The van der Waals surface area contributed by atoms with Gasteiger partial charge in [-0.25, -0.2) is 0 Å². The van der Waals surface area contributed by atoms with E-state index < -0.39 is 7.81 Å². The Balaban J connectivity index is 0.000000256. The molecule has 0 atom stereocenters. The molecule has 3 rings (SSSR count). The van der Waals surface area contributed by atoms with Gasteiger partial charge in [0.05, 0.1) is 19.7 Å². The number of hydrogen-bond acceptors (Lipinski definition) is 0. The monoisotopic (exact) mass is 369 g/mol. The molecular weight excluding hydrogens is 351 g/mol. The predicted molar refractivity (Wildman–Crippen MR) is 89.4 cm³/mol. The molecule has 0 saturated carbocycles. The Morgan fingerprint density at radius 3 is 1.83 bits per heavy atom. The Labute approximate surface area is 136 Å². The third-order valence-electron chi connectivity index (χ3n) is 4.27. The van der Waals surface area contributed by atoms with Crippen LogP contribution in [0.15, 0.2) is 42.1 Å². The van der Waals surface area contributed by atoms with Gasteiger partial charge in [0.15, 0.2) is 0 Å². The third kappa shape index (κ3) is 4.28. The fraction of sp³-hybridized carbons (Fsp3) is 0.250. The molecule has 0 amide bonds. The van der Waals surface area contributed by atoms with Crippen LogP contribution >= 0.6 is 7.81 Å². The first kappa shape index (κ1) is 18.7. The second kappa shape index (κ2) is 4.73. The Morgan fingerprint density at radius 1 is 0.792 bits per heavy atom. The Morgan fingerprint density at radius 2 is 1.29 bits per heavy atom. The van der Waals surface area contributed by atoms with Crippen molar-refractivity contribution in [2.75, 3.05) is 14.1 Å². The molecule has 1 heterocycles. The van der Waals surface area contributed by atoms with Gasteiger partial charge in [0.25, 0.3) is 0 Å². The molecule has 0 unspecified atom stereocenters. The molecule has 0 aliphatic carbocycles. The van der Waals surface area contributed by atoms with Gasteiger partial charge in [0, 0.05) is 18.6 Å². The van der Waals surface area contributed by atoms with Gasteiger partial charge < -0.3 is 0 Å². The van der Waals surface area contributed by atoms with Crippen molar-refractivity contribution in [3.05, 3.63) is 47.7 Å². The van der Waals surface area contributed by atoms with Crippen LogP contribution in [-0.4, -0.2) is 14.1 Å². The van der Waals surface area contributed by atoms with Crippen LogP contribution in [0.2, 0.25) is 0 Å². The third-order valence-corrected chi connectivity index (χ3v) is 4.27. The molecule has 1 aliphatic heterocycles. The van der Waals surface area contributed by atoms with Crippen LogP contribution in [0.3, 0.4) is 0 Å². The zero-order chi connectivity index (χ0) is 18.6. The van der Waals surface area contributed by atoms with Crippen molar-refractivity contribution >= 4 is 29.8 Å². The Kier molecular flexibility index (Phi) is 3.70. The first-order valence-corrected chi connectivity index (χ1v) is 9.12. The van der Waals surface area contributed by atoms with E-state index in [4.69, 9.17) is 0 Å². The van der Waals surface area contributed by atoms with Crippen molar-refractivity contribution in [3.63, 3.8) is 0 Å². The molecule has 2 aromatic rings. The van der Waals surface area contributed by atoms with Gasteiger partial charge in [-0.2, -0.15) is 0 Å². The second-order valence-corrected chi connectivity index (χ2v) is 8.22. The van der Waals surface area contributed by atoms with Crippen LogP contribution in [0.5, 0.6) is 0 Å². The molecule has 0 N–H and O–H groups in total. The number of nitrogens with zero attached hydrogens (tertiary/aromatic N) is 1. The standard InChI is InChI=1S/C16H18N.F6P/c1-11-12(2)17(3,4)15-10-9-13-7-5-6-8-14(13)16(11)15;1-7(2,3,4,5)6/h5-10H,1-4H3;/q+1;-1. The summed E-state index contributed by atoms with van der Waals surface area (Å²) in [5.74, 6) is 0. The topological polar surface area (TPSA) is 0 Å². The number of hydrogen-bond donors (Lipinski definition) is 0. The molecule has 0 bridgehead atoms. The van der Waals surface area contributed by atoms with E-state index in [2.05, 4.69) is 64.3 Å². The summed E-state index contributed by atoms with van der Waals surface area (Å²) in [7, 11) is -6.13. The first-order valence-electron chi connectivity index (χ1n) is 7.09. The predicted octanol–water partition coefficient (Wildman–Crippen LogP) is 7.55. The fourth-order valence-electron chi connectivity index (χ4n) is 2.90. The summed E-state index contributed by atoms with van der Waals surface area (Å²) in [5, 5.41) is 2.71. The van der Waals surface area contributed by atoms with Crippen molar-refractivity contribution in [1.29, 1.82) is 0 Å². The molecule has 2 aromatic carbocycles. The number of halogens is 6. The van der Waals surface area contributed by atoms with Crippen molar-refractivity contribution in [2.45, 2.75) is 13.8 Å². The van der Waals surface area contributed by atoms with Crippen LogP contribution in [0.1, 0.15) is 19.4 Å². The van der Waals surface area contributed by atoms with E-state index in [1.807, 2.05) is 0 Å². The first-order chi connectivity index (χ1) is 10.5. The number of allylic oxidation sites excluding steroid dienone is 2. The van der Waals surface area contributed by atoms with E-state index >= 15 is 0 Å². The molecule has 0 spiro atoms. The SMILES string of the molecule is CC1=C(C)[N+](C)(C)c2ccc3ccccc3c21.F[P-](F)(F)(F)(F)F. The minimum absolute atomic E-state index is 0.881. The second-order valence-electron chi connectivity index (χ2n) is 6.30. The molecule has 1 nitrogen and oxygen atoms in total. The van der Waals surface area contributed by atoms with Gasteiger partial charge in [-0.1, -0.05) is 24.3 Å². The maximum absolute atomic E-state index is 10.7. The molecule has 8 heteroatoms. The minimum atomic E-state index is -10.7. The molecule has 0 saturated heterocycles. The Hall–Kier alpha value is -1.59. The summed E-state index contributed by atoms with van der Waals surface area (Å²) in [6, 6.07) is 13.2. The summed E-state index contributed by atoms with van der Waals surface area (Å²) in [5.41, 5.74) is 5.72. The van der Waals surface area contributed by atoms with Crippen LogP contribution in [-0.2, 0) is 0 Å². The molecule has 134 valence electrons. The summed E-state index contributed by atoms with van der Waals surface area (Å²) < 4.78 is 60.1. The molecule has 0 aromatic heterocycles. The van der Waals surface area contributed by atoms with Gasteiger partial charge in [0.2, 0.25) is 0 Å².